The predicted octanol–water partition coefficient (Wildman–Crippen LogP) is 1.71. The molecule has 0 spiro atoms. The van der Waals surface area contributed by atoms with Gasteiger partial charge < -0.3 is 30.5 Å². The van der Waals surface area contributed by atoms with Gasteiger partial charge >= 0.3 is 5.97 Å². The molecule has 1 aliphatic rings. The smallest absolute Gasteiger partial charge is 0.305 e. The number of benzene rings is 1. The van der Waals surface area contributed by atoms with E-state index in [1.165, 1.54) is 4.90 Å². The minimum Gasteiger partial charge on any atom is -0.466 e. The number of amides is 3. The standard InChI is InChI=1S/C29H42N4O7/c1-5-40-25(37)10-8-6-7-9-24(36)32-26(29(2,3)4)28(39)33-17-21(35)15-23(33)27(38)31-22(18-34)20-13-11-19(16-30)12-14-20/h11-14,21-23,26,34-35H,5-10,15,17-18H2,1-4H3,(H,31,38)(H,32,36)/t21-,22+,23+,26-/m1/s1. The number of hydrogen-bond donors (Lipinski definition) is 4. The van der Waals surface area contributed by atoms with Gasteiger partial charge in [0, 0.05) is 25.8 Å². The first kappa shape index (κ1) is 32.7. The van der Waals surface area contributed by atoms with E-state index in [1.54, 1.807) is 31.2 Å². The van der Waals surface area contributed by atoms with E-state index in [9.17, 15) is 29.4 Å². The Balaban J connectivity index is 2.05. The van der Waals surface area contributed by atoms with Crippen LogP contribution in [0, 0.1) is 16.7 Å². The summed E-state index contributed by atoms with van der Waals surface area (Å²) in [5.41, 5.74) is 0.351. The molecule has 2 rings (SSSR count). The molecule has 1 aliphatic heterocycles. The van der Waals surface area contributed by atoms with Crippen LogP contribution in [-0.4, -0.2) is 76.7 Å². The molecule has 0 aliphatic carbocycles. The van der Waals surface area contributed by atoms with E-state index >= 15 is 0 Å². The number of rotatable bonds is 13. The fourth-order valence-electron chi connectivity index (χ4n) is 4.61. The molecule has 3 amide bonds. The monoisotopic (exact) mass is 558 g/mol. The van der Waals surface area contributed by atoms with E-state index in [0.29, 0.717) is 43.4 Å². The first-order chi connectivity index (χ1) is 18.9. The molecule has 1 heterocycles. The zero-order valence-corrected chi connectivity index (χ0v) is 23.8. The number of unbranched alkanes of at least 4 members (excludes halogenated alkanes) is 2. The molecule has 220 valence electrons. The zero-order valence-electron chi connectivity index (χ0n) is 23.8. The van der Waals surface area contributed by atoms with Crippen molar-refractivity contribution in [3.8, 4) is 6.07 Å². The van der Waals surface area contributed by atoms with Crippen molar-refractivity contribution < 1.29 is 34.1 Å². The predicted molar refractivity (Wildman–Crippen MR) is 146 cm³/mol. The van der Waals surface area contributed by atoms with Crippen LogP contribution in [0.1, 0.15) is 83.4 Å². The van der Waals surface area contributed by atoms with Crippen LogP contribution < -0.4 is 10.6 Å². The fraction of sp³-hybridized carbons (Fsp3) is 0.621. The maximum absolute atomic E-state index is 13.7. The number of nitrogens with zero attached hydrogens (tertiary/aromatic N) is 2. The fourth-order valence-corrected chi connectivity index (χ4v) is 4.61. The number of nitrogens with one attached hydrogen (secondary N) is 2. The van der Waals surface area contributed by atoms with Crippen LogP contribution in [-0.2, 0) is 23.9 Å². The Morgan fingerprint density at radius 2 is 1.75 bits per heavy atom. The summed E-state index contributed by atoms with van der Waals surface area (Å²) in [6, 6.07) is 5.75. The molecular formula is C29H42N4O7. The summed E-state index contributed by atoms with van der Waals surface area (Å²) >= 11 is 0. The highest BCUT2D eigenvalue weighted by molar-refractivity contribution is 5.93. The van der Waals surface area contributed by atoms with Gasteiger partial charge in [0.05, 0.1) is 37.0 Å². The van der Waals surface area contributed by atoms with Gasteiger partial charge in [0.1, 0.15) is 12.1 Å². The minimum absolute atomic E-state index is 0.0222. The van der Waals surface area contributed by atoms with Crippen molar-refractivity contribution in [3.05, 3.63) is 35.4 Å². The normalized spacial score (nSPS) is 18.4. The molecule has 1 saturated heterocycles. The molecular weight excluding hydrogens is 516 g/mol. The van der Waals surface area contributed by atoms with Crippen molar-refractivity contribution in [3.63, 3.8) is 0 Å². The van der Waals surface area contributed by atoms with Gasteiger partial charge in [-0.1, -0.05) is 39.3 Å². The van der Waals surface area contributed by atoms with Crippen molar-refractivity contribution in [1.82, 2.24) is 15.5 Å². The lowest BCUT2D eigenvalue weighted by Crippen LogP contribution is -2.58. The lowest BCUT2D eigenvalue weighted by molar-refractivity contribution is -0.144. The van der Waals surface area contributed by atoms with Gasteiger partial charge in [-0.3, -0.25) is 19.2 Å². The van der Waals surface area contributed by atoms with Gasteiger partial charge in [-0.05, 0) is 42.9 Å². The van der Waals surface area contributed by atoms with Crippen molar-refractivity contribution >= 4 is 23.7 Å². The number of carbonyl (C=O) groups is 4. The molecule has 4 atom stereocenters. The van der Waals surface area contributed by atoms with Gasteiger partial charge in [-0.25, -0.2) is 0 Å². The van der Waals surface area contributed by atoms with Crippen LogP contribution >= 0.6 is 0 Å². The molecule has 0 saturated carbocycles. The van der Waals surface area contributed by atoms with Crippen LogP contribution in [0.5, 0.6) is 0 Å². The van der Waals surface area contributed by atoms with Crippen LogP contribution in [0.3, 0.4) is 0 Å². The van der Waals surface area contributed by atoms with Crippen molar-refractivity contribution in [2.24, 2.45) is 5.41 Å². The van der Waals surface area contributed by atoms with Crippen LogP contribution in [0.25, 0.3) is 0 Å². The summed E-state index contributed by atoms with van der Waals surface area (Å²) < 4.78 is 4.90. The summed E-state index contributed by atoms with van der Waals surface area (Å²) in [6.07, 6.45) is 1.38. The number of likely N-dealkylation sites (tertiary alicyclic amines) is 1. The van der Waals surface area contributed by atoms with Gasteiger partial charge in [-0.15, -0.1) is 0 Å². The Labute approximate surface area is 235 Å². The second-order valence-corrected chi connectivity index (χ2v) is 11.1. The van der Waals surface area contributed by atoms with Crippen molar-refractivity contribution in [2.75, 3.05) is 19.8 Å². The lowest BCUT2D eigenvalue weighted by atomic mass is 9.85. The molecule has 4 N–H and O–H groups in total. The number of carbonyl (C=O) groups excluding carboxylic acids is 4. The van der Waals surface area contributed by atoms with Gasteiger partial charge in [-0.2, -0.15) is 5.26 Å². The van der Waals surface area contributed by atoms with Crippen LogP contribution in [0.4, 0.5) is 0 Å². The van der Waals surface area contributed by atoms with E-state index < -0.39 is 48.1 Å². The van der Waals surface area contributed by atoms with E-state index in [-0.39, 0.29) is 31.3 Å². The van der Waals surface area contributed by atoms with Crippen LogP contribution in [0.15, 0.2) is 24.3 Å². The molecule has 0 aromatic heterocycles. The summed E-state index contributed by atoms with van der Waals surface area (Å²) in [7, 11) is 0. The summed E-state index contributed by atoms with van der Waals surface area (Å²) in [5, 5.41) is 34.8. The number of hydrogen-bond acceptors (Lipinski definition) is 8. The number of ether oxygens (including phenoxy) is 1. The minimum atomic E-state index is -0.987. The third-order valence-electron chi connectivity index (χ3n) is 6.81. The molecule has 40 heavy (non-hydrogen) atoms. The average Bonchev–Trinajstić information content (AvgIpc) is 3.31. The average molecular weight is 559 g/mol. The maximum atomic E-state index is 13.7. The molecule has 0 unspecified atom stereocenters. The van der Waals surface area contributed by atoms with Gasteiger partial charge in [0.15, 0.2) is 0 Å². The Hall–Kier alpha value is -3.49. The lowest BCUT2D eigenvalue weighted by Gasteiger charge is -2.35. The number of aliphatic hydroxyl groups is 2. The van der Waals surface area contributed by atoms with Crippen molar-refractivity contribution in [2.45, 2.75) is 90.4 Å². The van der Waals surface area contributed by atoms with E-state index in [1.807, 2.05) is 26.8 Å². The largest absolute Gasteiger partial charge is 0.466 e. The Kier molecular flexibility index (Phi) is 12.5. The van der Waals surface area contributed by atoms with E-state index in [4.69, 9.17) is 10.00 Å². The summed E-state index contributed by atoms with van der Waals surface area (Å²) in [4.78, 5) is 52.4. The molecule has 1 aromatic carbocycles. The third kappa shape index (κ3) is 9.61. The Morgan fingerprint density at radius 3 is 2.33 bits per heavy atom. The van der Waals surface area contributed by atoms with Gasteiger partial charge in [0.2, 0.25) is 17.7 Å². The number of esters is 1. The Morgan fingerprint density at radius 1 is 1.10 bits per heavy atom. The topological polar surface area (TPSA) is 169 Å². The second kappa shape index (κ2) is 15.3. The van der Waals surface area contributed by atoms with Crippen molar-refractivity contribution in [1.29, 1.82) is 5.26 Å². The maximum Gasteiger partial charge on any atom is 0.305 e. The van der Waals surface area contributed by atoms with E-state index in [0.717, 1.165) is 0 Å². The van der Waals surface area contributed by atoms with E-state index in [2.05, 4.69) is 10.6 Å². The Bertz CT molecular complexity index is 1060. The molecule has 11 nitrogen and oxygen atoms in total. The molecule has 1 fully saturated rings. The molecule has 11 heteroatoms. The first-order valence-corrected chi connectivity index (χ1v) is 13.8. The molecule has 1 aromatic rings. The summed E-state index contributed by atoms with van der Waals surface area (Å²) in [5.74, 6) is -1.59. The highest BCUT2D eigenvalue weighted by Gasteiger charge is 2.44. The zero-order chi connectivity index (χ0) is 29.9. The number of aliphatic hydroxyl groups excluding tert-OH is 2. The highest BCUT2D eigenvalue weighted by Crippen LogP contribution is 2.27. The second-order valence-electron chi connectivity index (χ2n) is 11.1. The highest BCUT2D eigenvalue weighted by atomic mass is 16.5. The molecule has 0 bridgehead atoms. The van der Waals surface area contributed by atoms with Gasteiger partial charge in [0.25, 0.3) is 0 Å². The third-order valence-corrected chi connectivity index (χ3v) is 6.81. The first-order valence-electron chi connectivity index (χ1n) is 13.8. The molecule has 0 radical (unpaired) electrons. The quantitative estimate of drug-likeness (QED) is 0.209. The summed E-state index contributed by atoms with van der Waals surface area (Å²) in [6.45, 7) is 7.04. The number of β-amino-alcohol motifs (C(OH)–C–C–N with tert-alkyl or cyclic N) is 1. The van der Waals surface area contributed by atoms with Crippen LogP contribution in [0.2, 0.25) is 0 Å². The number of nitriles is 1. The SMILES string of the molecule is CCOC(=O)CCCCCC(=O)N[C@H](C(=O)N1C[C@H](O)C[C@H]1C(=O)N[C@@H](CO)c1ccc(C#N)cc1)C(C)(C)C.